The molecule has 1 aliphatic heterocycles. The van der Waals surface area contributed by atoms with Crippen LogP contribution in [-0.4, -0.2) is 64.1 Å². The summed E-state index contributed by atoms with van der Waals surface area (Å²) in [5.74, 6) is -0.550. The highest BCUT2D eigenvalue weighted by molar-refractivity contribution is 6.33. The number of piperazine rings is 1. The molecule has 1 saturated heterocycles. The van der Waals surface area contributed by atoms with Gasteiger partial charge in [-0.25, -0.2) is 9.07 Å². The fourth-order valence-electron chi connectivity index (χ4n) is 4.21. The molecule has 1 N–H and O–H groups in total. The van der Waals surface area contributed by atoms with Crippen molar-refractivity contribution in [2.75, 3.05) is 38.0 Å². The maximum absolute atomic E-state index is 13.2. The summed E-state index contributed by atoms with van der Waals surface area (Å²) in [5, 5.41) is 7.69. The van der Waals surface area contributed by atoms with E-state index in [9.17, 15) is 14.0 Å². The molecule has 0 spiro atoms. The standard InChI is InChI=1S/C26H29ClFN5O2/c1-17-5-4-6-22(18(17)2)29-23(34)16-31-11-13-32(14-12-31)26(35)24-19(3)30-33(25(24)27)15-20-7-9-21(28)10-8-20/h4-10H,11-16H2,1-3H3,(H,29,34). The number of rotatable bonds is 6. The lowest BCUT2D eigenvalue weighted by Crippen LogP contribution is -2.50. The molecule has 7 nitrogen and oxygen atoms in total. The van der Waals surface area contributed by atoms with Gasteiger partial charge in [-0.3, -0.25) is 14.5 Å². The number of halogens is 2. The summed E-state index contributed by atoms with van der Waals surface area (Å²) >= 11 is 6.54. The van der Waals surface area contributed by atoms with Gasteiger partial charge in [0.25, 0.3) is 5.91 Å². The Balaban J connectivity index is 1.34. The quantitative estimate of drug-likeness (QED) is 0.558. The zero-order valence-corrected chi connectivity index (χ0v) is 20.9. The largest absolute Gasteiger partial charge is 0.336 e. The minimum absolute atomic E-state index is 0.0700. The number of nitrogens with one attached hydrogen (secondary N) is 1. The number of carbonyl (C=O) groups is 2. The third-order valence-electron chi connectivity index (χ3n) is 6.43. The van der Waals surface area contributed by atoms with Gasteiger partial charge in [-0.1, -0.05) is 35.9 Å². The van der Waals surface area contributed by atoms with E-state index in [2.05, 4.69) is 10.4 Å². The average Bonchev–Trinajstić information content (AvgIpc) is 3.11. The summed E-state index contributed by atoms with van der Waals surface area (Å²) in [6, 6.07) is 11.9. The smallest absolute Gasteiger partial charge is 0.258 e. The third kappa shape index (κ3) is 5.71. The second-order valence-corrected chi connectivity index (χ2v) is 9.26. The van der Waals surface area contributed by atoms with Crippen LogP contribution < -0.4 is 5.32 Å². The zero-order chi connectivity index (χ0) is 25.1. The Morgan fingerprint density at radius 1 is 1.03 bits per heavy atom. The normalized spacial score (nSPS) is 14.3. The molecule has 2 heterocycles. The van der Waals surface area contributed by atoms with Gasteiger partial charge in [0.05, 0.1) is 24.3 Å². The molecule has 0 aliphatic carbocycles. The number of carbonyl (C=O) groups excluding carboxylic acids is 2. The van der Waals surface area contributed by atoms with Gasteiger partial charge >= 0.3 is 0 Å². The molecule has 2 amide bonds. The van der Waals surface area contributed by atoms with Crippen LogP contribution in [0.2, 0.25) is 5.15 Å². The summed E-state index contributed by atoms with van der Waals surface area (Å²) in [6.07, 6.45) is 0. The molecule has 0 radical (unpaired) electrons. The van der Waals surface area contributed by atoms with Crippen LogP contribution in [0.5, 0.6) is 0 Å². The highest BCUT2D eigenvalue weighted by atomic mass is 35.5. The first kappa shape index (κ1) is 24.9. The van der Waals surface area contributed by atoms with Crippen molar-refractivity contribution < 1.29 is 14.0 Å². The van der Waals surface area contributed by atoms with E-state index < -0.39 is 0 Å². The lowest BCUT2D eigenvalue weighted by molar-refractivity contribution is -0.117. The number of anilines is 1. The average molecular weight is 498 g/mol. The molecule has 184 valence electrons. The van der Waals surface area contributed by atoms with Gasteiger partial charge in [0.15, 0.2) is 0 Å². The zero-order valence-electron chi connectivity index (χ0n) is 20.1. The third-order valence-corrected chi connectivity index (χ3v) is 6.81. The number of aryl methyl sites for hydroxylation is 2. The number of benzene rings is 2. The molecule has 2 aromatic carbocycles. The topological polar surface area (TPSA) is 70.5 Å². The Bertz CT molecular complexity index is 1230. The first-order chi connectivity index (χ1) is 16.7. The fourth-order valence-corrected chi connectivity index (χ4v) is 4.53. The summed E-state index contributed by atoms with van der Waals surface area (Å²) in [7, 11) is 0. The molecule has 0 saturated carbocycles. The molecular weight excluding hydrogens is 469 g/mol. The van der Waals surface area contributed by atoms with Crippen molar-refractivity contribution in [3.8, 4) is 0 Å². The van der Waals surface area contributed by atoms with E-state index in [1.165, 1.54) is 12.1 Å². The van der Waals surface area contributed by atoms with Crippen LogP contribution in [0.25, 0.3) is 0 Å². The highest BCUT2D eigenvalue weighted by Gasteiger charge is 2.28. The van der Waals surface area contributed by atoms with Crippen LogP contribution in [0.1, 0.15) is 32.7 Å². The van der Waals surface area contributed by atoms with Crippen LogP contribution >= 0.6 is 11.6 Å². The van der Waals surface area contributed by atoms with Crippen LogP contribution in [0.4, 0.5) is 10.1 Å². The fraction of sp³-hybridized carbons (Fsp3) is 0.346. The Morgan fingerprint density at radius 2 is 1.71 bits per heavy atom. The van der Waals surface area contributed by atoms with E-state index in [0.717, 1.165) is 22.4 Å². The van der Waals surface area contributed by atoms with Gasteiger partial charge in [0.2, 0.25) is 5.91 Å². The van der Waals surface area contributed by atoms with Crippen LogP contribution in [0, 0.1) is 26.6 Å². The van der Waals surface area contributed by atoms with Crippen molar-refractivity contribution in [3.05, 3.63) is 81.4 Å². The Kier molecular flexibility index (Phi) is 7.52. The maximum atomic E-state index is 13.2. The Hall–Kier alpha value is -3.23. The van der Waals surface area contributed by atoms with E-state index in [1.807, 2.05) is 36.9 Å². The second kappa shape index (κ2) is 10.6. The molecule has 0 atom stereocenters. The molecule has 0 unspecified atom stereocenters. The highest BCUT2D eigenvalue weighted by Crippen LogP contribution is 2.24. The minimum Gasteiger partial charge on any atom is -0.336 e. The molecule has 1 aliphatic rings. The van der Waals surface area contributed by atoms with Gasteiger partial charge in [-0.05, 0) is 55.7 Å². The van der Waals surface area contributed by atoms with Crippen molar-refractivity contribution in [1.29, 1.82) is 0 Å². The van der Waals surface area contributed by atoms with E-state index >= 15 is 0 Å². The first-order valence-electron chi connectivity index (χ1n) is 11.6. The molecule has 4 rings (SSSR count). The first-order valence-corrected chi connectivity index (χ1v) is 12.0. The number of amides is 2. The summed E-state index contributed by atoms with van der Waals surface area (Å²) in [5.41, 5.74) is 4.79. The summed E-state index contributed by atoms with van der Waals surface area (Å²) < 4.78 is 14.7. The molecule has 9 heteroatoms. The van der Waals surface area contributed by atoms with E-state index in [1.54, 1.807) is 28.6 Å². The number of nitrogens with zero attached hydrogens (tertiary/aromatic N) is 4. The Morgan fingerprint density at radius 3 is 2.40 bits per heavy atom. The summed E-state index contributed by atoms with van der Waals surface area (Å²) in [4.78, 5) is 29.6. The van der Waals surface area contributed by atoms with Crippen molar-refractivity contribution >= 4 is 29.1 Å². The number of hydrogen-bond donors (Lipinski definition) is 1. The van der Waals surface area contributed by atoms with Gasteiger partial charge in [0, 0.05) is 31.9 Å². The lowest BCUT2D eigenvalue weighted by Gasteiger charge is -2.34. The molecular formula is C26H29ClFN5O2. The molecule has 1 fully saturated rings. The maximum Gasteiger partial charge on any atom is 0.258 e. The minimum atomic E-state index is -0.311. The van der Waals surface area contributed by atoms with Gasteiger partial charge in [0.1, 0.15) is 11.0 Å². The number of hydrogen-bond acceptors (Lipinski definition) is 4. The van der Waals surface area contributed by atoms with Gasteiger partial charge in [-0.15, -0.1) is 0 Å². The molecule has 1 aromatic heterocycles. The predicted octanol–water partition coefficient (Wildman–Crippen LogP) is 4.05. The van der Waals surface area contributed by atoms with Gasteiger partial charge < -0.3 is 10.2 Å². The van der Waals surface area contributed by atoms with Gasteiger partial charge in [-0.2, -0.15) is 5.10 Å². The van der Waals surface area contributed by atoms with E-state index in [4.69, 9.17) is 11.6 Å². The van der Waals surface area contributed by atoms with Crippen LogP contribution in [0.3, 0.4) is 0 Å². The van der Waals surface area contributed by atoms with Crippen LogP contribution in [-0.2, 0) is 11.3 Å². The van der Waals surface area contributed by atoms with Crippen molar-refractivity contribution in [3.63, 3.8) is 0 Å². The SMILES string of the molecule is Cc1cccc(NC(=O)CN2CCN(C(=O)c3c(C)nn(Cc4ccc(F)cc4)c3Cl)CC2)c1C. The predicted molar refractivity (Wildman–Crippen MR) is 134 cm³/mol. The van der Waals surface area contributed by atoms with Crippen LogP contribution in [0.15, 0.2) is 42.5 Å². The second-order valence-electron chi connectivity index (χ2n) is 8.90. The van der Waals surface area contributed by atoms with E-state index in [-0.39, 0.29) is 29.3 Å². The van der Waals surface area contributed by atoms with E-state index in [0.29, 0.717) is 44.0 Å². The van der Waals surface area contributed by atoms with Crippen molar-refractivity contribution in [2.45, 2.75) is 27.3 Å². The molecule has 0 bridgehead atoms. The molecule has 35 heavy (non-hydrogen) atoms. The Labute approximate surface area is 209 Å². The van der Waals surface area contributed by atoms with Crippen molar-refractivity contribution in [2.24, 2.45) is 0 Å². The monoisotopic (exact) mass is 497 g/mol. The van der Waals surface area contributed by atoms with Crippen molar-refractivity contribution in [1.82, 2.24) is 19.6 Å². The molecule has 3 aromatic rings. The number of aromatic nitrogens is 2. The lowest BCUT2D eigenvalue weighted by atomic mass is 10.1. The summed E-state index contributed by atoms with van der Waals surface area (Å²) in [6.45, 7) is 8.54.